The van der Waals surface area contributed by atoms with Crippen molar-refractivity contribution < 1.29 is 26.4 Å². The molecule has 0 radical (unpaired) electrons. The van der Waals surface area contributed by atoms with E-state index in [-0.39, 0.29) is 18.0 Å². The molecule has 1 amide bonds. The number of anilines is 1. The molecule has 2 rings (SSSR count). The average molecular weight is 399 g/mol. The molecule has 0 aromatic heterocycles. The SMILES string of the molecule is CCS(=O)(=O)N1CCC[C@@H](C(=O)Nc2ccc(Cl)c(C(F)(F)F)c2)C1. The minimum Gasteiger partial charge on any atom is -0.326 e. The number of carbonyl (C=O) groups is 1. The van der Waals surface area contributed by atoms with Gasteiger partial charge in [-0.3, -0.25) is 4.79 Å². The smallest absolute Gasteiger partial charge is 0.326 e. The predicted molar refractivity (Wildman–Crippen MR) is 88.8 cm³/mol. The molecule has 1 aromatic carbocycles. The fraction of sp³-hybridized carbons (Fsp3) is 0.533. The monoisotopic (exact) mass is 398 g/mol. The van der Waals surface area contributed by atoms with E-state index in [0.29, 0.717) is 19.4 Å². The highest BCUT2D eigenvalue weighted by molar-refractivity contribution is 7.89. The van der Waals surface area contributed by atoms with Gasteiger partial charge in [0.1, 0.15) is 0 Å². The number of nitrogens with zero attached hydrogens (tertiary/aromatic N) is 1. The molecule has 0 bridgehead atoms. The highest BCUT2D eigenvalue weighted by Crippen LogP contribution is 2.36. The molecule has 0 unspecified atom stereocenters. The van der Waals surface area contributed by atoms with Crippen LogP contribution in [0.5, 0.6) is 0 Å². The van der Waals surface area contributed by atoms with Gasteiger partial charge in [-0.25, -0.2) is 12.7 Å². The molecule has 1 aromatic rings. The van der Waals surface area contributed by atoms with Gasteiger partial charge >= 0.3 is 6.18 Å². The number of halogens is 4. The van der Waals surface area contributed by atoms with Gasteiger partial charge in [-0.2, -0.15) is 13.2 Å². The van der Waals surface area contributed by atoms with Crippen molar-refractivity contribution in [3.63, 3.8) is 0 Å². The van der Waals surface area contributed by atoms with E-state index in [1.807, 2.05) is 0 Å². The van der Waals surface area contributed by atoms with Gasteiger partial charge in [-0.15, -0.1) is 0 Å². The van der Waals surface area contributed by atoms with Crippen LogP contribution in [-0.4, -0.2) is 37.5 Å². The van der Waals surface area contributed by atoms with Crippen molar-refractivity contribution in [3.8, 4) is 0 Å². The molecular formula is C15H18ClF3N2O3S. The lowest BCUT2D eigenvalue weighted by molar-refractivity contribution is -0.137. The number of benzene rings is 1. The van der Waals surface area contributed by atoms with Gasteiger partial charge < -0.3 is 5.32 Å². The van der Waals surface area contributed by atoms with Crippen LogP contribution in [0.3, 0.4) is 0 Å². The number of hydrogen-bond donors (Lipinski definition) is 1. The molecule has 1 aliphatic heterocycles. The Balaban J connectivity index is 2.12. The van der Waals surface area contributed by atoms with Gasteiger partial charge in [-0.1, -0.05) is 11.6 Å². The number of amides is 1. The van der Waals surface area contributed by atoms with Crippen LogP contribution < -0.4 is 5.32 Å². The van der Waals surface area contributed by atoms with Crippen LogP contribution in [0.25, 0.3) is 0 Å². The molecule has 0 aliphatic carbocycles. The van der Waals surface area contributed by atoms with Crippen LogP contribution in [0.15, 0.2) is 18.2 Å². The normalized spacial score (nSPS) is 19.6. The van der Waals surface area contributed by atoms with E-state index in [2.05, 4.69) is 5.32 Å². The maximum absolute atomic E-state index is 12.9. The van der Waals surface area contributed by atoms with Crippen molar-refractivity contribution in [3.05, 3.63) is 28.8 Å². The van der Waals surface area contributed by atoms with Crippen LogP contribution in [-0.2, 0) is 21.0 Å². The summed E-state index contributed by atoms with van der Waals surface area (Å²) in [5, 5.41) is 1.97. The number of nitrogens with one attached hydrogen (secondary N) is 1. The van der Waals surface area contributed by atoms with Gasteiger partial charge in [0.25, 0.3) is 0 Å². The van der Waals surface area contributed by atoms with Crippen molar-refractivity contribution in [2.75, 3.05) is 24.2 Å². The second-order valence-corrected chi connectivity index (χ2v) is 8.44. The number of rotatable bonds is 4. The van der Waals surface area contributed by atoms with E-state index >= 15 is 0 Å². The summed E-state index contributed by atoms with van der Waals surface area (Å²) in [5.74, 6) is -1.18. The third kappa shape index (κ3) is 4.86. The van der Waals surface area contributed by atoms with Crippen molar-refractivity contribution in [1.29, 1.82) is 0 Å². The molecule has 25 heavy (non-hydrogen) atoms. The highest BCUT2D eigenvalue weighted by atomic mass is 35.5. The zero-order valence-corrected chi connectivity index (χ0v) is 15.0. The van der Waals surface area contributed by atoms with Crippen LogP contribution >= 0.6 is 11.6 Å². The van der Waals surface area contributed by atoms with Gasteiger partial charge in [0.05, 0.1) is 22.3 Å². The number of piperidine rings is 1. The second kappa shape index (κ2) is 7.51. The highest BCUT2D eigenvalue weighted by Gasteiger charge is 2.34. The lowest BCUT2D eigenvalue weighted by atomic mass is 9.98. The number of alkyl halides is 3. The fourth-order valence-electron chi connectivity index (χ4n) is 2.66. The van der Waals surface area contributed by atoms with E-state index in [1.165, 1.54) is 17.3 Å². The van der Waals surface area contributed by atoms with Crippen LogP contribution in [0.1, 0.15) is 25.3 Å². The molecule has 1 fully saturated rings. The third-order valence-corrected chi connectivity index (χ3v) is 6.23. The molecule has 5 nitrogen and oxygen atoms in total. The minimum atomic E-state index is -4.63. The molecular weight excluding hydrogens is 381 g/mol. The molecule has 0 saturated carbocycles. The standard InChI is InChI=1S/C15H18ClF3N2O3S/c1-2-25(23,24)21-7-3-4-10(9-21)14(22)20-11-5-6-13(16)12(8-11)15(17,18)19/h5-6,8,10H,2-4,7,9H2,1H3,(H,20,22)/t10-/m1/s1. The van der Waals surface area contributed by atoms with Crippen LogP contribution in [0.4, 0.5) is 18.9 Å². The summed E-state index contributed by atoms with van der Waals surface area (Å²) in [5.41, 5.74) is -1.07. The molecule has 140 valence electrons. The Bertz CT molecular complexity index is 753. The summed E-state index contributed by atoms with van der Waals surface area (Å²) in [6.45, 7) is 1.90. The first kappa shape index (κ1) is 20.0. The summed E-state index contributed by atoms with van der Waals surface area (Å²) in [7, 11) is -3.41. The first-order valence-corrected chi connectivity index (χ1v) is 9.68. The molecule has 1 aliphatic rings. The molecule has 1 heterocycles. The summed E-state index contributed by atoms with van der Waals surface area (Å²) >= 11 is 5.55. The zero-order chi connectivity index (χ0) is 18.8. The molecule has 0 spiro atoms. The fourth-order valence-corrected chi connectivity index (χ4v) is 4.06. The van der Waals surface area contributed by atoms with Crippen molar-refractivity contribution in [2.45, 2.75) is 25.9 Å². The lowest BCUT2D eigenvalue weighted by Crippen LogP contribution is -2.44. The van der Waals surface area contributed by atoms with E-state index in [4.69, 9.17) is 11.6 Å². The molecule has 1 N–H and O–H groups in total. The summed E-state index contributed by atoms with van der Waals surface area (Å²) < 4.78 is 63.7. The Morgan fingerprint density at radius 1 is 1.40 bits per heavy atom. The van der Waals surface area contributed by atoms with E-state index < -0.39 is 38.6 Å². The average Bonchev–Trinajstić information content (AvgIpc) is 2.55. The Hall–Kier alpha value is -1.32. The maximum Gasteiger partial charge on any atom is 0.417 e. The van der Waals surface area contributed by atoms with E-state index in [1.54, 1.807) is 0 Å². The molecule has 1 saturated heterocycles. The number of sulfonamides is 1. The lowest BCUT2D eigenvalue weighted by Gasteiger charge is -2.30. The third-order valence-electron chi connectivity index (χ3n) is 4.05. The van der Waals surface area contributed by atoms with Gasteiger partial charge in [0, 0.05) is 18.8 Å². The van der Waals surface area contributed by atoms with Crippen molar-refractivity contribution in [1.82, 2.24) is 4.31 Å². The summed E-state index contributed by atoms with van der Waals surface area (Å²) in [6.07, 6.45) is -3.64. The second-order valence-electron chi connectivity index (χ2n) is 5.78. The number of hydrogen-bond acceptors (Lipinski definition) is 3. The maximum atomic E-state index is 12.9. The van der Waals surface area contributed by atoms with Crippen molar-refractivity contribution in [2.24, 2.45) is 5.92 Å². The topological polar surface area (TPSA) is 66.5 Å². The van der Waals surface area contributed by atoms with Gasteiger partial charge in [0.2, 0.25) is 15.9 Å². The molecule has 10 heteroatoms. The van der Waals surface area contributed by atoms with Gasteiger partial charge in [0.15, 0.2) is 0 Å². The largest absolute Gasteiger partial charge is 0.417 e. The van der Waals surface area contributed by atoms with Crippen LogP contribution in [0, 0.1) is 5.92 Å². The molecule has 1 atom stereocenters. The summed E-state index contributed by atoms with van der Waals surface area (Å²) in [6, 6.07) is 3.11. The van der Waals surface area contributed by atoms with Gasteiger partial charge in [-0.05, 0) is 38.0 Å². The Morgan fingerprint density at radius 3 is 2.68 bits per heavy atom. The quantitative estimate of drug-likeness (QED) is 0.845. The van der Waals surface area contributed by atoms with E-state index in [0.717, 1.165) is 12.1 Å². The summed E-state index contributed by atoms with van der Waals surface area (Å²) in [4.78, 5) is 12.3. The Kier molecular flexibility index (Phi) is 6.01. The van der Waals surface area contributed by atoms with E-state index in [9.17, 15) is 26.4 Å². The number of carbonyl (C=O) groups excluding carboxylic acids is 1. The first-order chi connectivity index (χ1) is 11.5. The first-order valence-electron chi connectivity index (χ1n) is 7.70. The minimum absolute atomic E-state index is 0.0295. The van der Waals surface area contributed by atoms with Crippen LogP contribution in [0.2, 0.25) is 5.02 Å². The van der Waals surface area contributed by atoms with Crippen molar-refractivity contribution >= 4 is 33.2 Å². The predicted octanol–water partition coefficient (Wildman–Crippen LogP) is 3.36. The zero-order valence-electron chi connectivity index (χ0n) is 13.4. The Labute approximate surface area is 149 Å². The Morgan fingerprint density at radius 2 is 2.08 bits per heavy atom.